The summed E-state index contributed by atoms with van der Waals surface area (Å²) in [5, 5.41) is 2.72. The molecule has 32 heavy (non-hydrogen) atoms. The zero-order valence-corrected chi connectivity index (χ0v) is 17.6. The number of sulfonamides is 1. The van der Waals surface area contributed by atoms with E-state index in [4.69, 9.17) is 0 Å². The van der Waals surface area contributed by atoms with Crippen LogP contribution in [0.3, 0.4) is 0 Å². The van der Waals surface area contributed by atoms with Gasteiger partial charge in [0.1, 0.15) is 17.3 Å². The van der Waals surface area contributed by atoms with Crippen molar-refractivity contribution < 1.29 is 26.0 Å². The van der Waals surface area contributed by atoms with Crippen LogP contribution in [0, 0.1) is 5.82 Å². The number of imidazole rings is 1. The van der Waals surface area contributed by atoms with Crippen LogP contribution in [0.5, 0.6) is 0 Å². The lowest BCUT2D eigenvalue weighted by atomic mass is 9.94. The summed E-state index contributed by atoms with van der Waals surface area (Å²) >= 11 is 0. The minimum absolute atomic E-state index is 0.0729. The maximum absolute atomic E-state index is 14.5. The second-order valence-electron chi connectivity index (χ2n) is 7.48. The first-order valence-electron chi connectivity index (χ1n) is 9.59. The van der Waals surface area contributed by atoms with Crippen LogP contribution >= 0.6 is 0 Å². The van der Waals surface area contributed by atoms with Gasteiger partial charge in [-0.05, 0) is 23.8 Å². The Morgan fingerprint density at radius 3 is 2.50 bits per heavy atom. The second-order valence-corrected chi connectivity index (χ2v) is 9.37. The van der Waals surface area contributed by atoms with Gasteiger partial charge in [0, 0.05) is 38.3 Å². The third-order valence-corrected chi connectivity index (χ3v) is 6.97. The molecule has 0 aliphatic carbocycles. The number of nitrogens with one attached hydrogen (secondary N) is 1. The van der Waals surface area contributed by atoms with E-state index in [1.54, 1.807) is 13.1 Å². The van der Waals surface area contributed by atoms with Gasteiger partial charge in [0.25, 0.3) is 10.0 Å². The Kier molecular flexibility index (Phi) is 5.67. The predicted molar refractivity (Wildman–Crippen MR) is 108 cm³/mol. The van der Waals surface area contributed by atoms with Crippen molar-refractivity contribution in [3.63, 3.8) is 0 Å². The molecule has 12 heteroatoms. The van der Waals surface area contributed by atoms with Crippen LogP contribution in [0.15, 0.2) is 60.0 Å². The third kappa shape index (κ3) is 4.32. The number of aromatic nitrogens is 3. The number of halogens is 4. The summed E-state index contributed by atoms with van der Waals surface area (Å²) in [6, 6.07) is 8.58. The monoisotopic (exact) mass is 469 g/mol. The average Bonchev–Trinajstić information content (AvgIpc) is 3.35. The maximum Gasteiger partial charge on any atom is 0.433 e. The highest BCUT2D eigenvalue weighted by Crippen LogP contribution is 2.35. The molecular weight excluding hydrogens is 450 g/mol. The van der Waals surface area contributed by atoms with Crippen molar-refractivity contribution in [3.05, 3.63) is 72.1 Å². The Morgan fingerprint density at radius 2 is 1.84 bits per heavy atom. The number of aryl methyl sites for hydroxylation is 1. The van der Waals surface area contributed by atoms with Gasteiger partial charge in [-0.15, -0.1) is 0 Å². The molecule has 0 unspecified atom stereocenters. The zero-order valence-electron chi connectivity index (χ0n) is 16.8. The van der Waals surface area contributed by atoms with Crippen molar-refractivity contribution in [2.24, 2.45) is 7.05 Å². The number of benzene rings is 1. The SMILES string of the molecule is Cn1cnc(S(=O)(=O)N2C[C@H](Nc3cccc(C(F)(F)F)n3)[C@@H](c3ccccc3F)C2)c1. The smallest absolute Gasteiger partial charge is 0.365 e. The van der Waals surface area contributed by atoms with Crippen LogP contribution in [0.4, 0.5) is 23.4 Å². The molecule has 1 aliphatic heterocycles. The van der Waals surface area contributed by atoms with E-state index in [2.05, 4.69) is 15.3 Å². The highest BCUT2D eigenvalue weighted by atomic mass is 32.2. The molecule has 3 aromatic rings. The lowest BCUT2D eigenvalue weighted by Crippen LogP contribution is -2.32. The normalized spacial score (nSPS) is 19.9. The molecule has 0 bridgehead atoms. The number of hydrogen-bond donors (Lipinski definition) is 1. The Balaban J connectivity index is 1.68. The largest absolute Gasteiger partial charge is 0.433 e. The van der Waals surface area contributed by atoms with Gasteiger partial charge in [-0.1, -0.05) is 24.3 Å². The van der Waals surface area contributed by atoms with Crippen LogP contribution in [0.25, 0.3) is 0 Å². The Morgan fingerprint density at radius 1 is 1.09 bits per heavy atom. The van der Waals surface area contributed by atoms with Crippen LogP contribution in [0.1, 0.15) is 17.2 Å². The molecule has 1 N–H and O–H groups in total. The van der Waals surface area contributed by atoms with Crippen molar-refractivity contribution >= 4 is 15.8 Å². The molecule has 0 radical (unpaired) electrons. The lowest BCUT2D eigenvalue weighted by Gasteiger charge is -2.21. The van der Waals surface area contributed by atoms with Gasteiger partial charge in [0.05, 0.1) is 6.33 Å². The standard InChI is InChI=1S/C20H19F4N5O2S/c1-28-11-19(25-12-28)32(30,31)29-9-14(13-5-2-3-6-15(13)21)16(10-29)26-18-8-4-7-17(27-18)20(22,23)24/h2-8,11-12,14,16H,9-10H2,1H3,(H,26,27)/t14-,16+/m1/s1. The quantitative estimate of drug-likeness (QED) is 0.581. The van der Waals surface area contributed by atoms with Crippen LogP contribution < -0.4 is 5.32 Å². The first-order valence-corrected chi connectivity index (χ1v) is 11.0. The Hall–Kier alpha value is -2.99. The number of alkyl halides is 3. The van der Waals surface area contributed by atoms with Crippen molar-refractivity contribution in [2.45, 2.75) is 23.2 Å². The van der Waals surface area contributed by atoms with Crippen LogP contribution in [-0.2, 0) is 23.2 Å². The summed E-state index contributed by atoms with van der Waals surface area (Å²) in [5.41, 5.74) is -0.823. The molecule has 0 amide bonds. The summed E-state index contributed by atoms with van der Waals surface area (Å²) in [6.45, 7) is -0.174. The van der Waals surface area contributed by atoms with E-state index in [1.165, 1.54) is 47.4 Å². The fourth-order valence-electron chi connectivity index (χ4n) is 3.72. The zero-order chi connectivity index (χ0) is 23.1. The molecule has 0 saturated carbocycles. The third-order valence-electron chi connectivity index (χ3n) is 5.25. The summed E-state index contributed by atoms with van der Waals surface area (Å²) in [5.74, 6) is -1.27. The molecule has 1 aliphatic rings. The van der Waals surface area contributed by atoms with Gasteiger partial charge in [0.2, 0.25) is 0 Å². The maximum atomic E-state index is 14.5. The molecule has 0 spiro atoms. The van der Waals surface area contributed by atoms with Gasteiger partial charge >= 0.3 is 6.18 Å². The topological polar surface area (TPSA) is 80.1 Å². The summed E-state index contributed by atoms with van der Waals surface area (Å²) in [4.78, 5) is 7.49. The molecule has 2 aromatic heterocycles. The van der Waals surface area contributed by atoms with Gasteiger partial charge in [-0.2, -0.15) is 17.5 Å². The highest BCUT2D eigenvalue weighted by Gasteiger charge is 2.42. The Labute approximate surface area is 181 Å². The van der Waals surface area contributed by atoms with E-state index in [0.717, 1.165) is 10.4 Å². The van der Waals surface area contributed by atoms with Crippen LogP contribution in [-0.4, -0.2) is 46.4 Å². The van der Waals surface area contributed by atoms with E-state index >= 15 is 0 Å². The van der Waals surface area contributed by atoms with E-state index in [0.29, 0.717) is 0 Å². The fraction of sp³-hybridized carbons (Fsp3) is 0.300. The average molecular weight is 469 g/mol. The van der Waals surface area contributed by atoms with E-state index in [-0.39, 0.29) is 29.5 Å². The molecule has 4 rings (SSSR count). The number of pyridine rings is 1. The molecule has 1 aromatic carbocycles. The van der Waals surface area contributed by atoms with Crippen molar-refractivity contribution in [2.75, 3.05) is 18.4 Å². The van der Waals surface area contributed by atoms with E-state index in [1.807, 2.05) is 0 Å². The predicted octanol–water partition coefficient (Wildman–Crippen LogP) is 3.24. The van der Waals surface area contributed by atoms with Gasteiger partial charge in [-0.25, -0.2) is 22.8 Å². The minimum atomic E-state index is -4.63. The Bertz CT molecular complexity index is 1230. The van der Waals surface area contributed by atoms with E-state index in [9.17, 15) is 26.0 Å². The molecule has 1 saturated heterocycles. The summed E-state index contributed by atoms with van der Waals surface area (Å²) in [7, 11) is -2.36. The first-order chi connectivity index (χ1) is 15.1. The number of rotatable bonds is 5. The second kappa shape index (κ2) is 8.17. The number of anilines is 1. The molecule has 3 heterocycles. The van der Waals surface area contributed by atoms with Crippen molar-refractivity contribution in [3.8, 4) is 0 Å². The minimum Gasteiger partial charge on any atom is -0.365 e. The first kappa shape index (κ1) is 22.2. The molecule has 170 valence electrons. The molecule has 2 atom stereocenters. The fourth-order valence-corrected chi connectivity index (χ4v) is 5.18. The number of nitrogens with zero attached hydrogens (tertiary/aromatic N) is 4. The van der Waals surface area contributed by atoms with Crippen molar-refractivity contribution in [1.82, 2.24) is 18.8 Å². The summed E-state index contributed by atoms with van der Waals surface area (Å²) in [6.07, 6.45) is -1.94. The van der Waals surface area contributed by atoms with E-state index < -0.39 is 39.7 Å². The lowest BCUT2D eigenvalue weighted by molar-refractivity contribution is -0.141. The number of hydrogen-bond acceptors (Lipinski definition) is 5. The molecule has 7 nitrogen and oxygen atoms in total. The van der Waals surface area contributed by atoms with Crippen molar-refractivity contribution in [1.29, 1.82) is 0 Å². The van der Waals surface area contributed by atoms with Gasteiger partial charge in [0.15, 0.2) is 5.03 Å². The molecule has 1 fully saturated rings. The van der Waals surface area contributed by atoms with Gasteiger partial charge < -0.3 is 9.88 Å². The molecular formula is C20H19F4N5O2S. The highest BCUT2D eigenvalue weighted by molar-refractivity contribution is 7.89. The van der Waals surface area contributed by atoms with Gasteiger partial charge in [-0.3, -0.25) is 0 Å². The summed E-state index contributed by atoms with van der Waals surface area (Å²) < 4.78 is 82.4. The van der Waals surface area contributed by atoms with Crippen LogP contribution in [0.2, 0.25) is 0 Å².